The van der Waals surface area contributed by atoms with Gasteiger partial charge in [-0.1, -0.05) is 31.5 Å². The second-order valence-corrected chi connectivity index (χ2v) is 7.37. The van der Waals surface area contributed by atoms with Crippen LogP contribution >= 0.6 is 34.2 Å². The van der Waals surface area contributed by atoms with Crippen molar-refractivity contribution in [3.63, 3.8) is 0 Å². The second-order valence-electron chi connectivity index (χ2n) is 5.80. The topological polar surface area (TPSA) is 20.2 Å². The lowest BCUT2D eigenvalue weighted by Crippen LogP contribution is -2.24. The Labute approximate surface area is 128 Å². The van der Waals surface area contributed by atoms with Gasteiger partial charge in [-0.25, -0.2) is 0 Å². The van der Waals surface area contributed by atoms with Crippen LogP contribution < -0.4 is 0 Å². The van der Waals surface area contributed by atoms with Crippen LogP contribution in [0.25, 0.3) is 0 Å². The molecule has 3 heteroatoms. The molecule has 1 N–H and O–H groups in total. The lowest BCUT2D eigenvalue weighted by Gasteiger charge is -2.34. The van der Waals surface area contributed by atoms with Gasteiger partial charge in [0.15, 0.2) is 0 Å². The van der Waals surface area contributed by atoms with Gasteiger partial charge in [-0.05, 0) is 77.3 Å². The van der Waals surface area contributed by atoms with E-state index in [2.05, 4.69) is 36.4 Å². The quantitative estimate of drug-likeness (QED) is 0.714. The Hall–Kier alpha value is 0.200. The molecule has 2 rings (SSSR count). The van der Waals surface area contributed by atoms with Crippen LogP contribution in [0.5, 0.6) is 0 Å². The molecular weight excluding hydrogens is 359 g/mol. The highest BCUT2D eigenvalue weighted by molar-refractivity contribution is 14.1. The molecule has 1 saturated carbocycles. The minimum atomic E-state index is -0.371. The molecule has 1 aliphatic carbocycles. The standard InChI is InChI=1S/C15H20ClIO/c1-9-5-10(2)7-12(6-9)15(18)11-3-4-14(17)13(16)8-11/h3-4,8-10,12,15,18H,5-7H2,1-2H3. The van der Waals surface area contributed by atoms with Crippen LogP contribution in [0.2, 0.25) is 5.02 Å². The van der Waals surface area contributed by atoms with Crippen molar-refractivity contribution in [2.24, 2.45) is 17.8 Å². The Kier molecular flexibility index (Phi) is 4.95. The van der Waals surface area contributed by atoms with Crippen LogP contribution in [0.4, 0.5) is 0 Å². The summed E-state index contributed by atoms with van der Waals surface area (Å²) in [5.41, 5.74) is 0.965. The van der Waals surface area contributed by atoms with E-state index in [1.165, 1.54) is 6.42 Å². The summed E-state index contributed by atoms with van der Waals surface area (Å²) >= 11 is 8.35. The van der Waals surface area contributed by atoms with Gasteiger partial charge in [-0.2, -0.15) is 0 Å². The lowest BCUT2D eigenvalue weighted by molar-refractivity contribution is 0.0552. The summed E-state index contributed by atoms with van der Waals surface area (Å²) in [7, 11) is 0. The normalized spacial score (nSPS) is 30.2. The molecule has 1 aromatic rings. The number of halogens is 2. The summed E-state index contributed by atoms with van der Waals surface area (Å²) in [5, 5.41) is 11.3. The van der Waals surface area contributed by atoms with Crippen LogP contribution in [-0.4, -0.2) is 5.11 Å². The first-order chi connectivity index (χ1) is 8.47. The minimum absolute atomic E-state index is 0.371. The van der Waals surface area contributed by atoms with Crippen molar-refractivity contribution in [3.8, 4) is 0 Å². The summed E-state index contributed by atoms with van der Waals surface area (Å²) in [6.45, 7) is 4.58. The highest BCUT2D eigenvalue weighted by Crippen LogP contribution is 2.40. The van der Waals surface area contributed by atoms with Crippen LogP contribution in [0.3, 0.4) is 0 Å². The fourth-order valence-corrected chi connectivity index (χ4v) is 3.76. The molecule has 1 nitrogen and oxygen atoms in total. The zero-order valence-electron chi connectivity index (χ0n) is 10.9. The van der Waals surface area contributed by atoms with Gasteiger partial charge in [-0.3, -0.25) is 0 Å². The molecular formula is C15H20ClIO. The van der Waals surface area contributed by atoms with Crippen LogP contribution in [0.15, 0.2) is 18.2 Å². The van der Waals surface area contributed by atoms with E-state index >= 15 is 0 Å². The zero-order valence-corrected chi connectivity index (χ0v) is 13.8. The Morgan fingerprint density at radius 2 is 1.83 bits per heavy atom. The van der Waals surface area contributed by atoms with E-state index in [1.807, 2.05) is 18.2 Å². The maximum absolute atomic E-state index is 10.5. The van der Waals surface area contributed by atoms with Gasteiger partial charge in [0.2, 0.25) is 0 Å². The molecule has 1 aliphatic rings. The maximum Gasteiger partial charge on any atom is 0.0818 e. The van der Waals surface area contributed by atoms with E-state index in [1.54, 1.807) is 0 Å². The molecule has 0 amide bonds. The van der Waals surface area contributed by atoms with Crippen molar-refractivity contribution in [1.82, 2.24) is 0 Å². The van der Waals surface area contributed by atoms with Gasteiger partial charge in [0.1, 0.15) is 0 Å². The average Bonchev–Trinajstić information content (AvgIpc) is 2.30. The van der Waals surface area contributed by atoms with Crippen molar-refractivity contribution in [2.45, 2.75) is 39.2 Å². The Bertz CT molecular complexity index is 411. The first-order valence-corrected chi connectivity index (χ1v) is 8.06. The smallest absolute Gasteiger partial charge is 0.0818 e. The number of aliphatic hydroxyl groups excluding tert-OH is 1. The fraction of sp³-hybridized carbons (Fsp3) is 0.600. The van der Waals surface area contributed by atoms with Crippen LogP contribution in [0.1, 0.15) is 44.8 Å². The number of hydrogen-bond donors (Lipinski definition) is 1. The van der Waals surface area contributed by atoms with E-state index in [0.29, 0.717) is 17.8 Å². The lowest BCUT2D eigenvalue weighted by atomic mass is 9.73. The minimum Gasteiger partial charge on any atom is -0.388 e. The molecule has 100 valence electrons. The van der Waals surface area contributed by atoms with Crippen molar-refractivity contribution in [3.05, 3.63) is 32.4 Å². The summed E-state index contributed by atoms with van der Waals surface area (Å²) < 4.78 is 1.04. The molecule has 0 radical (unpaired) electrons. The van der Waals surface area contributed by atoms with E-state index in [9.17, 15) is 5.11 Å². The van der Waals surface area contributed by atoms with Gasteiger partial charge in [0.05, 0.1) is 11.1 Å². The molecule has 0 bridgehead atoms. The fourth-order valence-electron chi connectivity index (χ4n) is 3.24. The number of aliphatic hydroxyl groups is 1. The first-order valence-electron chi connectivity index (χ1n) is 6.60. The summed E-state index contributed by atoms with van der Waals surface area (Å²) in [5.74, 6) is 1.81. The van der Waals surface area contributed by atoms with Crippen LogP contribution in [-0.2, 0) is 0 Å². The van der Waals surface area contributed by atoms with E-state index < -0.39 is 0 Å². The van der Waals surface area contributed by atoms with Crippen molar-refractivity contribution < 1.29 is 5.11 Å². The highest BCUT2D eigenvalue weighted by Gasteiger charge is 2.29. The van der Waals surface area contributed by atoms with E-state index in [4.69, 9.17) is 11.6 Å². The third-order valence-corrected chi connectivity index (χ3v) is 5.52. The van der Waals surface area contributed by atoms with Gasteiger partial charge in [0.25, 0.3) is 0 Å². The highest BCUT2D eigenvalue weighted by atomic mass is 127. The maximum atomic E-state index is 10.5. The second kappa shape index (κ2) is 6.10. The SMILES string of the molecule is CC1CC(C)CC(C(O)c2ccc(I)c(Cl)c2)C1. The van der Waals surface area contributed by atoms with Gasteiger partial charge in [0, 0.05) is 3.57 Å². The molecule has 0 spiro atoms. The number of hydrogen-bond acceptors (Lipinski definition) is 1. The molecule has 0 heterocycles. The zero-order chi connectivity index (χ0) is 13.3. The summed E-state index contributed by atoms with van der Waals surface area (Å²) in [4.78, 5) is 0. The van der Waals surface area contributed by atoms with Crippen molar-refractivity contribution >= 4 is 34.2 Å². The van der Waals surface area contributed by atoms with E-state index in [-0.39, 0.29) is 6.10 Å². The molecule has 1 aromatic carbocycles. The predicted octanol–water partition coefficient (Wildman–Crippen LogP) is 5.05. The molecule has 18 heavy (non-hydrogen) atoms. The first kappa shape index (κ1) is 14.6. The summed E-state index contributed by atoms with van der Waals surface area (Å²) in [6.07, 6.45) is 3.16. The molecule has 0 aliphatic heterocycles. The van der Waals surface area contributed by atoms with Crippen molar-refractivity contribution in [2.75, 3.05) is 0 Å². The monoisotopic (exact) mass is 378 g/mol. The van der Waals surface area contributed by atoms with Crippen molar-refractivity contribution in [1.29, 1.82) is 0 Å². The van der Waals surface area contributed by atoms with Gasteiger partial charge < -0.3 is 5.11 Å². The largest absolute Gasteiger partial charge is 0.388 e. The number of benzene rings is 1. The Morgan fingerprint density at radius 1 is 1.22 bits per heavy atom. The summed E-state index contributed by atoms with van der Waals surface area (Å²) in [6, 6.07) is 5.90. The molecule has 0 saturated heterocycles. The Morgan fingerprint density at radius 3 is 2.39 bits per heavy atom. The number of rotatable bonds is 2. The Balaban J connectivity index is 2.14. The molecule has 0 aromatic heterocycles. The van der Waals surface area contributed by atoms with Gasteiger partial charge in [-0.15, -0.1) is 0 Å². The van der Waals surface area contributed by atoms with Crippen LogP contribution in [0, 0.1) is 21.3 Å². The predicted molar refractivity (Wildman–Crippen MR) is 84.8 cm³/mol. The average molecular weight is 379 g/mol. The third kappa shape index (κ3) is 3.40. The molecule has 3 atom stereocenters. The van der Waals surface area contributed by atoms with E-state index in [0.717, 1.165) is 27.0 Å². The third-order valence-electron chi connectivity index (χ3n) is 3.95. The molecule has 3 unspecified atom stereocenters. The van der Waals surface area contributed by atoms with Gasteiger partial charge >= 0.3 is 0 Å². The molecule has 1 fully saturated rings.